The van der Waals surface area contributed by atoms with Crippen LogP contribution < -0.4 is 0 Å². The number of hydrogen-bond donors (Lipinski definition) is 2. The third kappa shape index (κ3) is 11.5. The second-order valence-corrected chi connectivity index (χ2v) is 10.3. The molecule has 0 aliphatic heterocycles. The molecule has 6 heteroatoms. The molecule has 0 aliphatic carbocycles. The minimum atomic E-state index is -2.18. The molecule has 0 spiro atoms. The van der Waals surface area contributed by atoms with Crippen LogP contribution in [0.3, 0.4) is 0 Å². The highest BCUT2D eigenvalue weighted by atomic mass is 32.2. The highest BCUT2D eigenvalue weighted by Gasteiger charge is 2.12. The summed E-state index contributed by atoms with van der Waals surface area (Å²) in [4.78, 5) is 20.0. The maximum atomic E-state index is 8.68. The molecule has 0 atom stereocenters. The number of hydrogen-bond acceptors (Lipinski definition) is 5. The molecule has 0 unspecified atom stereocenters. The summed E-state index contributed by atoms with van der Waals surface area (Å²) in [5.41, 5.74) is 0. The Kier molecular flexibility index (Phi) is 13.0. The van der Waals surface area contributed by atoms with Gasteiger partial charge in [0.25, 0.3) is 0 Å². The zero-order chi connectivity index (χ0) is 19.9. The molecule has 0 aromatic heterocycles. The van der Waals surface area contributed by atoms with Crippen LogP contribution in [0, 0.1) is 0 Å². The van der Waals surface area contributed by atoms with Gasteiger partial charge in [0.2, 0.25) is 0 Å². The van der Waals surface area contributed by atoms with Crippen molar-refractivity contribution in [3.63, 3.8) is 0 Å². The third-order valence-electron chi connectivity index (χ3n) is 4.31. The van der Waals surface area contributed by atoms with Crippen LogP contribution >= 0.6 is 32.1 Å². The molecule has 0 radical (unpaired) electrons. The summed E-state index contributed by atoms with van der Waals surface area (Å²) in [6.45, 7) is 0.452. The molecule has 0 saturated carbocycles. The van der Waals surface area contributed by atoms with Crippen LogP contribution in [0.2, 0.25) is 0 Å². The number of rotatable bonds is 15. The Bertz CT molecular complexity index is 572. The average molecular weight is 439 g/mol. The fourth-order valence-corrected chi connectivity index (χ4v) is 5.84. The van der Waals surface area contributed by atoms with Crippen LogP contribution in [-0.2, 0) is 4.52 Å². The van der Waals surface area contributed by atoms with Gasteiger partial charge >= 0.3 is 8.60 Å². The van der Waals surface area contributed by atoms with Gasteiger partial charge in [0, 0.05) is 9.79 Å². The smallest absolute Gasteiger partial charge is 0.327 e. The van der Waals surface area contributed by atoms with Crippen molar-refractivity contribution in [2.45, 2.75) is 65.7 Å². The van der Waals surface area contributed by atoms with Gasteiger partial charge in [0.05, 0.1) is 11.2 Å². The zero-order valence-electron chi connectivity index (χ0n) is 16.3. The molecular formula is C22H31O3PS2. The first kappa shape index (κ1) is 23.7. The monoisotopic (exact) mass is 438 g/mol. The molecule has 0 heterocycles. The van der Waals surface area contributed by atoms with Crippen molar-refractivity contribution in [3.05, 3.63) is 60.7 Å². The van der Waals surface area contributed by atoms with Crippen molar-refractivity contribution < 1.29 is 14.3 Å². The van der Waals surface area contributed by atoms with E-state index in [0.717, 1.165) is 12.8 Å². The minimum Gasteiger partial charge on any atom is -0.328 e. The normalized spacial score (nSPS) is 11.4. The summed E-state index contributed by atoms with van der Waals surface area (Å²) in [6.07, 6.45) is 9.45. The lowest BCUT2D eigenvalue weighted by Crippen LogP contribution is -1.97. The van der Waals surface area contributed by atoms with Crippen LogP contribution in [0.1, 0.15) is 51.4 Å². The first-order chi connectivity index (χ1) is 13.7. The van der Waals surface area contributed by atoms with E-state index in [2.05, 4.69) is 60.7 Å². The van der Waals surface area contributed by atoms with Crippen LogP contribution in [0.25, 0.3) is 0 Å². The number of thioether (sulfide) groups is 2. The van der Waals surface area contributed by atoms with Crippen LogP contribution in [0.5, 0.6) is 0 Å². The van der Waals surface area contributed by atoms with E-state index in [1.54, 1.807) is 0 Å². The van der Waals surface area contributed by atoms with Gasteiger partial charge in [-0.15, -0.1) is 23.5 Å². The van der Waals surface area contributed by atoms with Crippen LogP contribution in [0.15, 0.2) is 70.5 Å². The molecular weight excluding hydrogens is 407 g/mol. The number of unbranched alkanes of at least 4 members (excludes halogenated alkanes) is 6. The Morgan fingerprint density at radius 2 is 1.14 bits per heavy atom. The summed E-state index contributed by atoms with van der Waals surface area (Å²) >= 11 is 3.95. The maximum absolute atomic E-state index is 8.68. The van der Waals surface area contributed by atoms with Crippen LogP contribution in [0.4, 0.5) is 0 Å². The highest BCUT2D eigenvalue weighted by Crippen LogP contribution is 2.38. The first-order valence-corrected chi connectivity index (χ1v) is 12.9. The van der Waals surface area contributed by atoms with E-state index < -0.39 is 8.60 Å². The average Bonchev–Trinajstić information content (AvgIpc) is 2.70. The Labute approximate surface area is 179 Å². The summed E-state index contributed by atoms with van der Waals surface area (Å²) in [7, 11) is -2.18. The second-order valence-electron chi connectivity index (χ2n) is 6.64. The molecule has 0 bridgehead atoms. The van der Waals surface area contributed by atoms with Crippen molar-refractivity contribution in [1.29, 1.82) is 0 Å². The Balaban J connectivity index is 1.63. The topological polar surface area (TPSA) is 49.7 Å². The van der Waals surface area contributed by atoms with Gasteiger partial charge in [-0.1, -0.05) is 74.9 Å². The van der Waals surface area contributed by atoms with Crippen LogP contribution in [-0.4, -0.2) is 21.0 Å². The van der Waals surface area contributed by atoms with E-state index in [9.17, 15) is 0 Å². The molecule has 0 saturated heterocycles. The summed E-state index contributed by atoms with van der Waals surface area (Å²) < 4.78 is 5.32. The summed E-state index contributed by atoms with van der Waals surface area (Å²) in [6, 6.07) is 21.4. The molecule has 2 N–H and O–H groups in total. The lowest BCUT2D eigenvalue weighted by Gasteiger charge is -2.16. The van der Waals surface area contributed by atoms with E-state index in [1.807, 2.05) is 23.5 Å². The molecule has 2 rings (SSSR count). The summed E-state index contributed by atoms with van der Waals surface area (Å²) in [5.74, 6) is 0. The highest BCUT2D eigenvalue weighted by molar-refractivity contribution is 8.17. The van der Waals surface area contributed by atoms with E-state index in [-0.39, 0.29) is 0 Å². The van der Waals surface area contributed by atoms with Crippen molar-refractivity contribution in [3.8, 4) is 0 Å². The zero-order valence-corrected chi connectivity index (χ0v) is 18.8. The predicted octanol–water partition coefficient (Wildman–Crippen LogP) is 7.25. The van der Waals surface area contributed by atoms with Gasteiger partial charge in [0.1, 0.15) is 0 Å². The Morgan fingerprint density at radius 3 is 1.64 bits per heavy atom. The first-order valence-electron chi connectivity index (χ1n) is 9.98. The van der Waals surface area contributed by atoms with E-state index in [4.69, 9.17) is 14.3 Å². The van der Waals surface area contributed by atoms with E-state index >= 15 is 0 Å². The molecule has 0 fully saturated rings. The van der Waals surface area contributed by atoms with Gasteiger partial charge in [-0.25, -0.2) is 0 Å². The fourth-order valence-electron chi connectivity index (χ4n) is 2.89. The lowest BCUT2D eigenvalue weighted by molar-refractivity contribution is 0.248. The van der Waals surface area contributed by atoms with Crippen molar-refractivity contribution in [2.75, 3.05) is 6.61 Å². The van der Waals surface area contributed by atoms with Crippen molar-refractivity contribution in [1.82, 2.24) is 0 Å². The minimum absolute atomic E-state index is 0.452. The Morgan fingerprint density at radius 1 is 0.679 bits per heavy atom. The predicted molar refractivity (Wildman–Crippen MR) is 123 cm³/mol. The largest absolute Gasteiger partial charge is 0.328 e. The maximum Gasteiger partial charge on any atom is 0.327 e. The quantitative estimate of drug-likeness (QED) is 0.133. The van der Waals surface area contributed by atoms with Gasteiger partial charge in [-0.05, 0) is 37.1 Å². The van der Waals surface area contributed by atoms with E-state index in [0.29, 0.717) is 11.2 Å². The molecule has 2 aromatic rings. The molecule has 28 heavy (non-hydrogen) atoms. The van der Waals surface area contributed by atoms with Crippen molar-refractivity contribution >= 4 is 32.1 Å². The Hall–Kier alpha value is -0.550. The molecule has 0 amide bonds. The molecule has 0 aliphatic rings. The molecule has 3 nitrogen and oxygen atoms in total. The van der Waals surface area contributed by atoms with Gasteiger partial charge in [-0.2, -0.15) is 0 Å². The van der Waals surface area contributed by atoms with Gasteiger partial charge in [0.15, 0.2) is 0 Å². The SMILES string of the molecule is OP(O)OCCCCCCCCCC(Sc1ccccc1)Sc1ccccc1. The summed E-state index contributed by atoms with van der Waals surface area (Å²) in [5, 5.41) is 0. The van der Waals surface area contributed by atoms with Gasteiger partial charge in [-0.3, -0.25) is 0 Å². The lowest BCUT2D eigenvalue weighted by atomic mass is 10.1. The number of benzene rings is 2. The van der Waals surface area contributed by atoms with E-state index in [1.165, 1.54) is 48.3 Å². The second kappa shape index (κ2) is 15.3. The molecule has 154 valence electrons. The standard InChI is InChI=1S/C22H31O3PS2/c23-26(24)25-19-13-5-3-1-2-4-12-18-22(27-20-14-8-6-9-15-20)28-21-16-10-7-11-17-21/h6-11,14-17,22-24H,1-5,12-13,18-19H2. The third-order valence-corrected chi connectivity index (χ3v) is 7.39. The molecule has 2 aromatic carbocycles. The fraction of sp³-hybridized carbons (Fsp3) is 0.455. The van der Waals surface area contributed by atoms with Crippen molar-refractivity contribution in [2.24, 2.45) is 0 Å². The van der Waals surface area contributed by atoms with Gasteiger partial charge < -0.3 is 14.3 Å².